The summed E-state index contributed by atoms with van der Waals surface area (Å²) in [5.41, 5.74) is 2.44. The Balaban J connectivity index is 1.75. The SMILES string of the molecule is COc1cc(Cl)c(C)cc1NC1=NCC2(CCCC2)CS1. The summed E-state index contributed by atoms with van der Waals surface area (Å²) in [6.45, 7) is 2.95. The van der Waals surface area contributed by atoms with Crippen molar-refractivity contribution in [3.63, 3.8) is 0 Å². The maximum atomic E-state index is 6.15. The number of methoxy groups -OCH3 is 1. The molecular formula is C16H21ClN2OS. The van der Waals surface area contributed by atoms with E-state index in [0.29, 0.717) is 5.41 Å². The molecule has 1 aliphatic carbocycles. The van der Waals surface area contributed by atoms with E-state index in [0.717, 1.165) is 33.7 Å². The van der Waals surface area contributed by atoms with Gasteiger partial charge in [0.25, 0.3) is 0 Å². The third kappa shape index (κ3) is 3.16. The van der Waals surface area contributed by atoms with Crippen LogP contribution in [-0.2, 0) is 0 Å². The van der Waals surface area contributed by atoms with Crippen molar-refractivity contribution in [1.82, 2.24) is 0 Å². The summed E-state index contributed by atoms with van der Waals surface area (Å²) in [4.78, 5) is 4.77. The van der Waals surface area contributed by atoms with Gasteiger partial charge in [-0.25, -0.2) is 0 Å². The highest BCUT2D eigenvalue weighted by molar-refractivity contribution is 8.14. The molecule has 1 fully saturated rings. The molecule has 0 atom stereocenters. The highest BCUT2D eigenvalue weighted by Gasteiger charge is 2.36. The summed E-state index contributed by atoms with van der Waals surface area (Å²) in [5.74, 6) is 1.93. The zero-order valence-electron chi connectivity index (χ0n) is 12.5. The standard InChI is InChI=1S/C16H21ClN2OS/c1-11-7-13(14(20-2)8-12(11)17)19-15-18-9-16(10-21-15)5-3-4-6-16/h7-8H,3-6,9-10H2,1-2H3,(H,18,19). The molecule has 3 rings (SSSR count). The summed E-state index contributed by atoms with van der Waals surface area (Å²) in [5, 5.41) is 5.12. The number of hydrogen-bond acceptors (Lipinski definition) is 4. The Morgan fingerprint density at radius 1 is 1.33 bits per heavy atom. The lowest BCUT2D eigenvalue weighted by atomic mass is 9.89. The molecule has 1 aliphatic heterocycles. The first kappa shape index (κ1) is 15.0. The van der Waals surface area contributed by atoms with Gasteiger partial charge in [-0.15, -0.1) is 0 Å². The summed E-state index contributed by atoms with van der Waals surface area (Å²) in [7, 11) is 1.66. The lowest BCUT2D eigenvalue weighted by Gasteiger charge is -2.31. The summed E-state index contributed by atoms with van der Waals surface area (Å²) >= 11 is 7.98. The van der Waals surface area contributed by atoms with Crippen molar-refractivity contribution in [3.05, 3.63) is 22.7 Å². The van der Waals surface area contributed by atoms with E-state index in [1.165, 1.54) is 31.4 Å². The normalized spacial score (nSPS) is 20.4. The molecule has 0 amide bonds. The molecule has 2 aliphatic rings. The van der Waals surface area contributed by atoms with E-state index in [9.17, 15) is 0 Å². The number of amidine groups is 1. The minimum Gasteiger partial charge on any atom is -0.495 e. The summed E-state index contributed by atoms with van der Waals surface area (Å²) < 4.78 is 5.40. The second kappa shape index (κ2) is 6.09. The third-order valence-electron chi connectivity index (χ3n) is 4.46. The number of rotatable bonds is 2. The van der Waals surface area contributed by atoms with Crippen LogP contribution >= 0.6 is 23.4 Å². The Morgan fingerprint density at radius 2 is 2.10 bits per heavy atom. The Hall–Kier alpha value is -0.870. The molecule has 1 saturated carbocycles. The quantitative estimate of drug-likeness (QED) is 0.853. The predicted molar refractivity (Wildman–Crippen MR) is 92.0 cm³/mol. The number of aliphatic imine (C=N–C) groups is 1. The second-order valence-electron chi connectivity index (χ2n) is 6.04. The number of ether oxygens (including phenoxy) is 1. The van der Waals surface area contributed by atoms with Crippen molar-refractivity contribution >= 4 is 34.2 Å². The average molecular weight is 325 g/mol. The third-order valence-corrected chi connectivity index (χ3v) is 6.13. The topological polar surface area (TPSA) is 33.6 Å². The van der Waals surface area contributed by atoms with Gasteiger partial charge in [0.15, 0.2) is 5.17 Å². The molecule has 0 radical (unpaired) electrons. The van der Waals surface area contributed by atoms with Gasteiger partial charge in [0.2, 0.25) is 0 Å². The van der Waals surface area contributed by atoms with Crippen LogP contribution in [-0.4, -0.2) is 24.6 Å². The van der Waals surface area contributed by atoms with Gasteiger partial charge in [-0.1, -0.05) is 36.2 Å². The number of nitrogens with zero attached hydrogens (tertiary/aromatic N) is 1. The zero-order valence-corrected chi connectivity index (χ0v) is 14.1. The maximum Gasteiger partial charge on any atom is 0.161 e. The molecule has 1 spiro atoms. The molecule has 0 aromatic heterocycles. The van der Waals surface area contributed by atoms with Gasteiger partial charge in [-0.05, 0) is 36.8 Å². The van der Waals surface area contributed by atoms with Crippen LogP contribution in [0.25, 0.3) is 0 Å². The molecule has 1 aromatic rings. The van der Waals surface area contributed by atoms with Crippen LogP contribution in [0.4, 0.5) is 5.69 Å². The van der Waals surface area contributed by atoms with E-state index < -0.39 is 0 Å². The van der Waals surface area contributed by atoms with Crippen molar-refractivity contribution < 1.29 is 4.74 Å². The van der Waals surface area contributed by atoms with E-state index >= 15 is 0 Å². The van der Waals surface area contributed by atoms with Crippen LogP contribution in [0.5, 0.6) is 5.75 Å². The molecule has 0 unspecified atom stereocenters. The van der Waals surface area contributed by atoms with Crippen molar-refractivity contribution in [2.24, 2.45) is 10.4 Å². The highest BCUT2D eigenvalue weighted by Crippen LogP contribution is 2.43. The van der Waals surface area contributed by atoms with Crippen molar-refractivity contribution in [2.45, 2.75) is 32.6 Å². The van der Waals surface area contributed by atoms with Gasteiger partial charge in [0.05, 0.1) is 12.8 Å². The highest BCUT2D eigenvalue weighted by atomic mass is 35.5. The van der Waals surface area contributed by atoms with Crippen LogP contribution in [0, 0.1) is 12.3 Å². The number of anilines is 1. The van der Waals surface area contributed by atoms with Crippen LogP contribution in [0.15, 0.2) is 17.1 Å². The van der Waals surface area contributed by atoms with Crippen LogP contribution in [0.2, 0.25) is 5.02 Å². The van der Waals surface area contributed by atoms with Crippen molar-refractivity contribution in [1.29, 1.82) is 0 Å². The molecule has 1 heterocycles. The van der Waals surface area contributed by atoms with E-state index in [1.807, 2.05) is 30.8 Å². The predicted octanol–water partition coefficient (Wildman–Crippen LogP) is 4.73. The number of halogens is 1. The van der Waals surface area contributed by atoms with Crippen LogP contribution in [0.3, 0.4) is 0 Å². The molecule has 1 N–H and O–H groups in total. The summed E-state index contributed by atoms with van der Waals surface area (Å²) in [6.07, 6.45) is 5.40. The molecule has 3 nitrogen and oxygen atoms in total. The molecule has 0 bridgehead atoms. The fraction of sp³-hybridized carbons (Fsp3) is 0.562. The molecule has 21 heavy (non-hydrogen) atoms. The zero-order chi connectivity index (χ0) is 14.9. The van der Waals surface area contributed by atoms with Gasteiger partial charge in [0.1, 0.15) is 5.75 Å². The van der Waals surface area contributed by atoms with Gasteiger partial charge in [-0.3, -0.25) is 4.99 Å². The maximum absolute atomic E-state index is 6.15. The van der Waals surface area contributed by atoms with Gasteiger partial charge >= 0.3 is 0 Å². The van der Waals surface area contributed by atoms with Gasteiger partial charge in [0, 0.05) is 23.4 Å². The fourth-order valence-electron chi connectivity index (χ4n) is 3.10. The molecular weight excluding hydrogens is 304 g/mol. The van der Waals surface area contributed by atoms with E-state index in [4.69, 9.17) is 21.3 Å². The van der Waals surface area contributed by atoms with Gasteiger partial charge in [-0.2, -0.15) is 0 Å². The average Bonchev–Trinajstić information content (AvgIpc) is 2.94. The number of aryl methyl sites for hydroxylation is 1. The van der Waals surface area contributed by atoms with Crippen molar-refractivity contribution in [3.8, 4) is 5.75 Å². The molecule has 1 aromatic carbocycles. The lowest BCUT2D eigenvalue weighted by molar-refractivity contribution is 0.359. The Labute approximate surface area is 135 Å². The lowest BCUT2D eigenvalue weighted by Crippen LogP contribution is -2.30. The first-order valence-electron chi connectivity index (χ1n) is 7.40. The second-order valence-corrected chi connectivity index (χ2v) is 7.42. The van der Waals surface area contributed by atoms with E-state index in [-0.39, 0.29) is 0 Å². The molecule has 0 saturated heterocycles. The number of thioether (sulfide) groups is 1. The minimum atomic E-state index is 0.468. The Morgan fingerprint density at radius 3 is 2.71 bits per heavy atom. The Kier molecular flexibility index (Phi) is 4.36. The van der Waals surface area contributed by atoms with Gasteiger partial charge < -0.3 is 10.1 Å². The smallest absolute Gasteiger partial charge is 0.161 e. The number of nitrogens with one attached hydrogen (secondary N) is 1. The van der Waals surface area contributed by atoms with E-state index in [2.05, 4.69) is 5.32 Å². The van der Waals surface area contributed by atoms with E-state index in [1.54, 1.807) is 7.11 Å². The van der Waals surface area contributed by atoms with Crippen LogP contribution < -0.4 is 10.1 Å². The molecule has 114 valence electrons. The number of hydrogen-bond donors (Lipinski definition) is 1. The first-order valence-corrected chi connectivity index (χ1v) is 8.77. The largest absolute Gasteiger partial charge is 0.495 e. The molecule has 5 heteroatoms. The fourth-order valence-corrected chi connectivity index (χ4v) is 4.41. The summed E-state index contributed by atoms with van der Waals surface area (Å²) in [6, 6.07) is 3.87. The first-order chi connectivity index (χ1) is 10.1. The minimum absolute atomic E-state index is 0.468. The Bertz CT molecular complexity index is 568. The van der Waals surface area contributed by atoms with Crippen LogP contribution in [0.1, 0.15) is 31.2 Å². The number of benzene rings is 1. The van der Waals surface area contributed by atoms with Crippen molar-refractivity contribution in [2.75, 3.05) is 24.7 Å². The monoisotopic (exact) mass is 324 g/mol.